The monoisotopic (exact) mass is 276 g/mol. The summed E-state index contributed by atoms with van der Waals surface area (Å²) >= 11 is 0. The third-order valence-corrected chi connectivity index (χ3v) is 4.20. The van der Waals surface area contributed by atoms with E-state index >= 15 is 0 Å². The molecular formula is C15H16O5. The molecule has 0 radical (unpaired) electrons. The van der Waals surface area contributed by atoms with E-state index in [9.17, 15) is 14.7 Å². The van der Waals surface area contributed by atoms with Gasteiger partial charge in [0.25, 0.3) is 0 Å². The average Bonchev–Trinajstić information content (AvgIpc) is 2.79. The van der Waals surface area contributed by atoms with Gasteiger partial charge in [0, 0.05) is 18.1 Å². The summed E-state index contributed by atoms with van der Waals surface area (Å²) in [5.74, 6) is -0.736. The number of carbonyl (C=O) groups excluding carboxylic acids is 2. The van der Waals surface area contributed by atoms with Crippen molar-refractivity contribution in [2.24, 2.45) is 5.92 Å². The fourth-order valence-corrected chi connectivity index (χ4v) is 2.98. The molecular weight excluding hydrogens is 260 g/mol. The van der Waals surface area contributed by atoms with Crippen molar-refractivity contribution in [1.29, 1.82) is 0 Å². The third-order valence-electron chi connectivity index (χ3n) is 4.20. The van der Waals surface area contributed by atoms with Crippen molar-refractivity contribution in [3.05, 3.63) is 35.6 Å². The first-order valence-electron chi connectivity index (χ1n) is 6.53. The maximum absolute atomic E-state index is 12.1. The second kappa shape index (κ2) is 4.06. The Morgan fingerprint density at radius 3 is 2.85 bits per heavy atom. The zero-order valence-corrected chi connectivity index (χ0v) is 11.4. The fraction of sp³-hybridized carbons (Fsp3) is 0.467. The largest absolute Gasteiger partial charge is 0.479 e. The predicted molar refractivity (Wildman–Crippen MR) is 69.5 cm³/mol. The molecule has 0 aliphatic carbocycles. The quantitative estimate of drug-likeness (QED) is 0.528. The fourth-order valence-electron chi connectivity index (χ4n) is 2.98. The highest BCUT2D eigenvalue weighted by Crippen LogP contribution is 2.40. The molecule has 0 aromatic heterocycles. The van der Waals surface area contributed by atoms with Crippen LogP contribution < -0.4 is 0 Å². The molecule has 5 heteroatoms. The molecule has 4 atom stereocenters. The molecule has 2 bridgehead atoms. The summed E-state index contributed by atoms with van der Waals surface area (Å²) in [5, 5.41) is 10.4. The molecule has 0 saturated carbocycles. The van der Waals surface area contributed by atoms with E-state index in [4.69, 9.17) is 9.47 Å². The normalized spacial score (nSPS) is 42.5. The summed E-state index contributed by atoms with van der Waals surface area (Å²) in [7, 11) is 0. The highest BCUT2D eigenvalue weighted by atomic mass is 16.6. The van der Waals surface area contributed by atoms with Gasteiger partial charge in [-0.15, -0.1) is 0 Å². The van der Waals surface area contributed by atoms with Gasteiger partial charge in [0.15, 0.2) is 5.60 Å². The summed E-state index contributed by atoms with van der Waals surface area (Å²) in [5.41, 5.74) is -0.131. The molecule has 3 aliphatic heterocycles. The number of rotatable bonds is 0. The smallest absolute Gasteiger partial charge is 0.334 e. The number of ketones is 1. The number of fused-ring (bicyclic) bond motifs is 3. The minimum Gasteiger partial charge on any atom is -0.479 e. The van der Waals surface area contributed by atoms with Crippen LogP contribution in [0.4, 0.5) is 0 Å². The van der Waals surface area contributed by atoms with E-state index in [1.165, 1.54) is 6.08 Å². The summed E-state index contributed by atoms with van der Waals surface area (Å²) in [6, 6.07) is 0. The minimum atomic E-state index is -1.09. The van der Waals surface area contributed by atoms with E-state index in [-0.39, 0.29) is 17.8 Å². The zero-order chi connectivity index (χ0) is 14.7. The number of ether oxygens (including phenoxy) is 2. The number of esters is 1. The van der Waals surface area contributed by atoms with Gasteiger partial charge in [-0.1, -0.05) is 6.58 Å². The van der Waals surface area contributed by atoms with Crippen molar-refractivity contribution in [2.75, 3.05) is 0 Å². The maximum Gasteiger partial charge on any atom is 0.334 e. The van der Waals surface area contributed by atoms with Crippen LogP contribution in [0.3, 0.4) is 0 Å². The Balaban J connectivity index is 2.08. The summed E-state index contributed by atoms with van der Waals surface area (Å²) in [4.78, 5) is 23.7. The topological polar surface area (TPSA) is 72.8 Å². The molecule has 3 aliphatic rings. The van der Waals surface area contributed by atoms with Crippen LogP contribution in [0.15, 0.2) is 35.6 Å². The Hall–Kier alpha value is -1.88. The molecule has 0 spiro atoms. The van der Waals surface area contributed by atoms with Gasteiger partial charge in [-0.3, -0.25) is 4.79 Å². The van der Waals surface area contributed by atoms with E-state index in [0.29, 0.717) is 11.3 Å². The van der Waals surface area contributed by atoms with Gasteiger partial charge >= 0.3 is 5.97 Å². The lowest BCUT2D eigenvalue weighted by Crippen LogP contribution is -2.40. The second-order valence-corrected chi connectivity index (χ2v) is 5.75. The van der Waals surface area contributed by atoms with Crippen molar-refractivity contribution >= 4 is 11.8 Å². The SMILES string of the molecule is C=C1C(=O)O[C@@H]2/C=C(/C)C3=CC(=O)[C@@](C)(C[C@@H](O)[C@@H]12)O3. The van der Waals surface area contributed by atoms with Crippen molar-refractivity contribution in [2.45, 2.75) is 38.1 Å². The molecule has 3 rings (SSSR count). The number of aliphatic hydroxyl groups is 1. The molecule has 106 valence electrons. The molecule has 1 fully saturated rings. The Bertz CT molecular complexity index is 585. The van der Waals surface area contributed by atoms with Crippen LogP contribution in [0.2, 0.25) is 0 Å². The zero-order valence-electron chi connectivity index (χ0n) is 11.4. The molecule has 0 aromatic carbocycles. The molecule has 1 N–H and O–H groups in total. The van der Waals surface area contributed by atoms with Crippen molar-refractivity contribution in [3.63, 3.8) is 0 Å². The van der Waals surface area contributed by atoms with Crippen molar-refractivity contribution in [3.8, 4) is 0 Å². The predicted octanol–water partition coefficient (Wildman–Crippen LogP) is 1.04. The second-order valence-electron chi connectivity index (χ2n) is 5.75. The molecule has 3 heterocycles. The van der Waals surface area contributed by atoms with Crippen molar-refractivity contribution < 1.29 is 24.2 Å². The standard InChI is InChI=1S/C15H16O5/c1-7-4-11-13(8(2)14(18)19-11)9(16)6-15(3)12(17)5-10(7)20-15/h4-5,9,11,13,16H,2,6H2,1,3H3/b7-4-/t9-,11-,13-,15-/m1/s1. The Morgan fingerprint density at radius 2 is 2.15 bits per heavy atom. The van der Waals surface area contributed by atoms with Gasteiger partial charge in [0.2, 0.25) is 5.78 Å². The van der Waals surface area contributed by atoms with E-state index in [2.05, 4.69) is 6.58 Å². The number of carbonyl (C=O) groups is 2. The van der Waals surface area contributed by atoms with Crippen LogP contribution in [0.1, 0.15) is 20.3 Å². The van der Waals surface area contributed by atoms with Crippen molar-refractivity contribution in [1.82, 2.24) is 0 Å². The van der Waals surface area contributed by atoms with Crippen LogP contribution in [0, 0.1) is 5.92 Å². The summed E-state index contributed by atoms with van der Waals surface area (Å²) in [6.45, 7) is 7.13. The Kier molecular flexibility index (Phi) is 2.66. The van der Waals surface area contributed by atoms with Crippen LogP contribution in [0.25, 0.3) is 0 Å². The number of hydrogen-bond donors (Lipinski definition) is 1. The molecule has 20 heavy (non-hydrogen) atoms. The maximum atomic E-state index is 12.1. The van der Waals surface area contributed by atoms with E-state index in [1.807, 2.05) is 0 Å². The lowest BCUT2D eigenvalue weighted by Gasteiger charge is -2.28. The number of hydrogen-bond acceptors (Lipinski definition) is 5. The molecule has 1 saturated heterocycles. The number of aliphatic hydroxyl groups excluding tert-OH is 1. The summed E-state index contributed by atoms with van der Waals surface area (Å²) in [6.07, 6.45) is 1.75. The number of allylic oxidation sites excluding steroid dienone is 1. The molecule has 5 nitrogen and oxygen atoms in total. The highest BCUT2D eigenvalue weighted by molar-refractivity contribution is 6.00. The first-order valence-corrected chi connectivity index (χ1v) is 6.53. The first kappa shape index (κ1) is 13.1. The van der Waals surface area contributed by atoms with Crippen LogP contribution in [-0.2, 0) is 19.1 Å². The average molecular weight is 276 g/mol. The van der Waals surface area contributed by atoms with Gasteiger partial charge in [-0.2, -0.15) is 0 Å². The van der Waals surface area contributed by atoms with Gasteiger partial charge in [0.05, 0.1) is 12.0 Å². The lowest BCUT2D eigenvalue weighted by molar-refractivity contribution is -0.138. The van der Waals surface area contributed by atoms with E-state index < -0.39 is 29.7 Å². The van der Waals surface area contributed by atoms with E-state index in [0.717, 1.165) is 0 Å². The first-order chi connectivity index (χ1) is 9.32. The molecule has 0 aromatic rings. The van der Waals surface area contributed by atoms with Gasteiger partial charge < -0.3 is 14.6 Å². The Morgan fingerprint density at radius 1 is 1.45 bits per heavy atom. The lowest BCUT2D eigenvalue weighted by atomic mass is 9.83. The van der Waals surface area contributed by atoms with Crippen LogP contribution in [-0.4, -0.2) is 34.7 Å². The molecule has 0 amide bonds. The van der Waals surface area contributed by atoms with Crippen LogP contribution >= 0.6 is 0 Å². The van der Waals surface area contributed by atoms with Gasteiger partial charge in [-0.05, 0) is 25.5 Å². The third kappa shape index (κ3) is 1.73. The van der Waals surface area contributed by atoms with E-state index in [1.54, 1.807) is 19.9 Å². The van der Waals surface area contributed by atoms with Gasteiger partial charge in [-0.25, -0.2) is 4.79 Å². The Labute approximate surface area is 116 Å². The molecule has 0 unspecified atom stereocenters. The minimum absolute atomic E-state index is 0.101. The van der Waals surface area contributed by atoms with Crippen LogP contribution in [0.5, 0.6) is 0 Å². The highest BCUT2D eigenvalue weighted by Gasteiger charge is 2.49. The summed E-state index contributed by atoms with van der Waals surface area (Å²) < 4.78 is 10.9. The van der Waals surface area contributed by atoms with Gasteiger partial charge in [0.1, 0.15) is 11.9 Å².